The van der Waals surface area contributed by atoms with E-state index in [1.807, 2.05) is 6.92 Å². The van der Waals surface area contributed by atoms with Crippen LogP contribution < -0.4 is 5.32 Å². The van der Waals surface area contributed by atoms with Gasteiger partial charge in [-0.05, 0) is 57.6 Å². The molecule has 1 N–H and O–H groups in total. The van der Waals surface area contributed by atoms with E-state index in [0.29, 0.717) is 17.9 Å². The summed E-state index contributed by atoms with van der Waals surface area (Å²) < 4.78 is 5.38. The predicted molar refractivity (Wildman–Crippen MR) is 85.1 cm³/mol. The Bertz CT molecular complexity index is 320. The fourth-order valence-electron chi connectivity index (χ4n) is 3.02. The molecule has 0 saturated heterocycles. The summed E-state index contributed by atoms with van der Waals surface area (Å²) in [5, 5.41) is 4.24. The summed E-state index contributed by atoms with van der Waals surface area (Å²) in [4.78, 5) is 12.5. The lowest BCUT2D eigenvalue weighted by atomic mass is 9.81. The lowest BCUT2D eigenvalue weighted by Crippen LogP contribution is -2.57. The number of carbonyl (C=O) groups excluding carboxylic acids is 1. The number of hydrogen-bond donors (Lipinski definition) is 1. The van der Waals surface area contributed by atoms with Crippen LogP contribution in [0.15, 0.2) is 0 Å². The van der Waals surface area contributed by atoms with Crippen LogP contribution >= 0.6 is 11.8 Å². The number of unbranched alkanes of at least 4 members (excludes halogenated alkanes) is 1. The number of nitrogens with one attached hydrogen (secondary N) is 1. The molecule has 0 aliphatic heterocycles. The summed E-state index contributed by atoms with van der Waals surface area (Å²) in [6.45, 7) is 4.62. The molecule has 20 heavy (non-hydrogen) atoms. The summed E-state index contributed by atoms with van der Waals surface area (Å²) in [6.07, 6.45) is 9.27. The van der Waals surface area contributed by atoms with E-state index >= 15 is 0 Å². The molecular formula is C16H29NO2S. The molecule has 0 aromatic carbocycles. The van der Waals surface area contributed by atoms with E-state index in [9.17, 15) is 4.79 Å². The highest BCUT2D eigenvalue weighted by Crippen LogP contribution is 2.38. The molecule has 2 aliphatic carbocycles. The predicted octanol–water partition coefficient (Wildman–Crippen LogP) is 3.52. The number of thioether (sulfide) groups is 1. The zero-order valence-electron chi connectivity index (χ0n) is 13.0. The van der Waals surface area contributed by atoms with Crippen molar-refractivity contribution in [3.8, 4) is 0 Å². The van der Waals surface area contributed by atoms with Crippen LogP contribution in [0.4, 0.5) is 0 Å². The van der Waals surface area contributed by atoms with Crippen LogP contribution in [-0.4, -0.2) is 35.2 Å². The van der Waals surface area contributed by atoms with Gasteiger partial charge >= 0.3 is 5.97 Å². The van der Waals surface area contributed by atoms with Crippen molar-refractivity contribution in [3.63, 3.8) is 0 Å². The first-order valence-corrected chi connectivity index (χ1v) is 9.31. The van der Waals surface area contributed by atoms with Crippen LogP contribution in [0, 0.1) is 0 Å². The Morgan fingerprint density at radius 3 is 2.80 bits per heavy atom. The van der Waals surface area contributed by atoms with Gasteiger partial charge in [0.2, 0.25) is 0 Å². The first-order chi connectivity index (χ1) is 9.70. The lowest BCUT2D eigenvalue weighted by Gasteiger charge is -2.39. The van der Waals surface area contributed by atoms with Crippen molar-refractivity contribution < 1.29 is 9.53 Å². The molecule has 2 aliphatic rings. The van der Waals surface area contributed by atoms with Crippen molar-refractivity contribution >= 4 is 17.7 Å². The van der Waals surface area contributed by atoms with Gasteiger partial charge in [-0.3, -0.25) is 10.1 Å². The van der Waals surface area contributed by atoms with E-state index < -0.39 is 0 Å². The third-order valence-electron chi connectivity index (χ3n) is 4.28. The highest BCUT2D eigenvalue weighted by Gasteiger charge is 2.46. The molecule has 0 spiro atoms. The smallest absolute Gasteiger partial charge is 0.326 e. The highest BCUT2D eigenvalue weighted by atomic mass is 32.2. The second-order valence-corrected chi connectivity index (χ2v) is 7.57. The molecule has 3 nitrogen and oxygen atoms in total. The van der Waals surface area contributed by atoms with Crippen molar-refractivity contribution in [1.29, 1.82) is 0 Å². The van der Waals surface area contributed by atoms with Crippen LogP contribution in [0.5, 0.6) is 0 Å². The molecule has 0 heterocycles. The summed E-state index contributed by atoms with van der Waals surface area (Å²) in [5.74, 6) is 1.22. The zero-order chi connectivity index (χ0) is 14.4. The molecule has 2 unspecified atom stereocenters. The molecular weight excluding hydrogens is 270 g/mol. The summed E-state index contributed by atoms with van der Waals surface area (Å²) in [6, 6.07) is 0.554. The molecule has 2 rings (SSSR count). The van der Waals surface area contributed by atoms with E-state index in [2.05, 4.69) is 24.0 Å². The van der Waals surface area contributed by atoms with E-state index in [-0.39, 0.29) is 11.5 Å². The molecule has 0 radical (unpaired) electrons. The lowest BCUT2D eigenvalue weighted by molar-refractivity contribution is -0.152. The summed E-state index contributed by atoms with van der Waals surface area (Å²) >= 11 is 2.06. The van der Waals surface area contributed by atoms with Crippen molar-refractivity contribution in [2.75, 3.05) is 12.4 Å². The van der Waals surface area contributed by atoms with Gasteiger partial charge in [0.25, 0.3) is 0 Å². The Balaban J connectivity index is 1.95. The van der Waals surface area contributed by atoms with E-state index in [4.69, 9.17) is 4.74 Å². The first-order valence-electron chi connectivity index (χ1n) is 8.26. The van der Waals surface area contributed by atoms with Crippen molar-refractivity contribution in [1.82, 2.24) is 5.32 Å². The fraction of sp³-hybridized carbons (Fsp3) is 0.938. The number of ether oxygens (including phenoxy) is 1. The molecule has 2 saturated carbocycles. The van der Waals surface area contributed by atoms with Crippen molar-refractivity contribution in [2.45, 2.75) is 82.0 Å². The van der Waals surface area contributed by atoms with Crippen LogP contribution in [0.1, 0.15) is 65.2 Å². The van der Waals surface area contributed by atoms with Gasteiger partial charge in [0.05, 0.1) is 6.61 Å². The molecule has 0 bridgehead atoms. The van der Waals surface area contributed by atoms with E-state index in [1.165, 1.54) is 37.9 Å². The number of esters is 1. The minimum absolute atomic E-state index is 0.00677. The van der Waals surface area contributed by atoms with Crippen LogP contribution in [0.25, 0.3) is 0 Å². The standard InChI is InChI=1S/C16H29NO2S/c1-3-5-11-20-14-7-6-10-16(12-14,15(18)19-4-2)17-13-8-9-13/h13-14,17H,3-12H2,1-2H3. The minimum Gasteiger partial charge on any atom is -0.465 e. The van der Waals surface area contributed by atoms with Gasteiger partial charge < -0.3 is 4.74 Å². The molecule has 116 valence electrons. The maximum atomic E-state index is 12.5. The van der Waals surface area contributed by atoms with Crippen molar-refractivity contribution in [3.05, 3.63) is 0 Å². The van der Waals surface area contributed by atoms with Gasteiger partial charge in [-0.25, -0.2) is 0 Å². The molecule has 0 amide bonds. The molecule has 0 aromatic heterocycles. The normalized spacial score (nSPS) is 30.2. The molecule has 0 aromatic rings. The van der Waals surface area contributed by atoms with E-state index in [1.54, 1.807) is 0 Å². The van der Waals surface area contributed by atoms with Gasteiger partial charge in [0, 0.05) is 11.3 Å². The van der Waals surface area contributed by atoms with Crippen LogP contribution in [0.3, 0.4) is 0 Å². The highest BCUT2D eigenvalue weighted by molar-refractivity contribution is 7.99. The monoisotopic (exact) mass is 299 g/mol. The first kappa shape index (κ1) is 16.2. The minimum atomic E-state index is -0.390. The van der Waals surface area contributed by atoms with Crippen LogP contribution in [-0.2, 0) is 9.53 Å². The quantitative estimate of drug-likeness (QED) is 0.550. The van der Waals surface area contributed by atoms with Gasteiger partial charge in [-0.2, -0.15) is 11.8 Å². The van der Waals surface area contributed by atoms with Gasteiger partial charge in [0.15, 0.2) is 0 Å². The maximum absolute atomic E-state index is 12.5. The molecule has 2 atom stereocenters. The second kappa shape index (κ2) is 7.69. The molecule has 2 fully saturated rings. The Labute approximate surface area is 127 Å². The fourth-order valence-corrected chi connectivity index (χ4v) is 4.55. The number of rotatable bonds is 8. The van der Waals surface area contributed by atoms with E-state index in [0.717, 1.165) is 19.3 Å². The van der Waals surface area contributed by atoms with Gasteiger partial charge in [0.1, 0.15) is 5.54 Å². The Hall–Kier alpha value is -0.220. The number of hydrogen-bond acceptors (Lipinski definition) is 4. The Kier molecular flexibility index (Phi) is 6.21. The maximum Gasteiger partial charge on any atom is 0.326 e. The Morgan fingerprint density at radius 1 is 1.35 bits per heavy atom. The Morgan fingerprint density at radius 2 is 2.15 bits per heavy atom. The van der Waals surface area contributed by atoms with Gasteiger partial charge in [-0.1, -0.05) is 13.3 Å². The SMILES string of the molecule is CCCCSC1CCCC(NC2CC2)(C(=O)OCC)C1. The van der Waals surface area contributed by atoms with Crippen LogP contribution in [0.2, 0.25) is 0 Å². The topological polar surface area (TPSA) is 38.3 Å². The third kappa shape index (κ3) is 4.39. The average Bonchev–Trinajstić information content (AvgIpc) is 3.23. The average molecular weight is 299 g/mol. The second-order valence-electron chi connectivity index (χ2n) is 6.16. The third-order valence-corrected chi connectivity index (χ3v) is 5.68. The molecule has 4 heteroatoms. The van der Waals surface area contributed by atoms with Crippen molar-refractivity contribution in [2.24, 2.45) is 0 Å². The zero-order valence-corrected chi connectivity index (χ0v) is 13.8. The largest absolute Gasteiger partial charge is 0.465 e. The summed E-state index contributed by atoms with van der Waals surface area (Å²) in [7, 11) is 0. The summed E-state index contributed by atoms with van der Waals surface area (Å²) in [5.41, 5.74) is -0.390. The van der Waals surface area contributed by atoms with Gasteiger partial charge in [-0.15, -0.1) is 0 Å². The number of carbonyl (C=O) groups is 1.